The SMILES string of the molecule is N#Cc1c(N)nc2oc3cc(=O)ccc3c3cc(-c4ccc(Cl)cc4)[nH]c1c23. The number of nitrogens with two attached hydrogens (primary N) is 1. The van der Waals surface area contributed by atoms with E-state index < -0.39 is 0 Å². The van der Waals surface area contributed by atoms with Crippen molar-refractivity contribution in [1.29, 1.82) is 5.26 Å². The van der Waals surface area contributed by atoms with Crippen LogP contribution in [0.2, 0.25) is 5.02 Å². The van der Waals surface area contributed by atoms with Crippen LogP contribution >= 0.6 is 11.6 Å². The van der Waals surface area contributed by atoms with E-state index in [0.29, 0.717) is 21.5 Å². The molecule has 0 amide bonds. The number of hydrogen-bond donors (Lipinski definition) is 2. The quantitative estimate of drug-likeness (QED) is 0.323. The number of anilines is 1. The average Bonchev–Trinajstić information content (AvgIpc) is 2.68. The fourth-order valence-corrected chi connectivity index (χ4v) is 3.57. The third-order valence-corrected chi connectivity index (χ3v) is 4.98. The summed E-state index contributed by atoms with van der Waals surface area (Å²) in [4.78, 5) is 19.3. The first-order chi connectivity index (χ1) is 13.5. The number of pyridine rings is 2. The summed E-state index contributed by atoms with van der Waals surface area (Å²) in [7, 11) is 0. The molecule has 0 aliphatic carbocycles. The van der Waals surface area contributed by atoms with E-state index in [1.54, 1.807) is 18.2 Å². The predicted molar refractivity (Wildman–Crippen MR) is 109 cm³/mol. The molecule has 0 spiro atoms. The number of benzene rings is 2. The standard InChI is InChI=1S/C21H11ClN4O2/c22-11-3-1-10(2-4-11)16-8-14-13-6-5-12(27)7-17(13)28-21-18(14)19(25-16)15(9-23)20(24)26-21/h1-8,25H,(H2,24,26). The first-order valence-corrected chi connectivity index (χ1v) is 8.78. The van der Waals surface area contributed by atoms with E-state index in [2.05, 4.69) is 16.0 Å². The highest BCUT2D eigenvalue weighted by atomic mass is 35.5. The molecule has 0 atom stereocenters. The number of halogens is 1. The Morgan fingerprint density at radius 3 is 2.64 bits per heavy atom. The van der Waals surface area contributed by atoms with Crippen LogP contribution in [0.1, 0.15) is 5.56 Å². The molecular weight excluding hydrogens is 376 g/mol. The Bertz CT molecular complexity index is 1510. The van der Waals surface area contributed by atoms with Gasteiger partial charge in [0.15, 0.2) is 5.43 Å². The molecule has 0 bridgehead atoms. The van der Waals surface area contributed by atoms with E-state index >= 15 is 0 Å². The number of nitriles is 1. The maximum Gasteiger partial charge on any atom is 0.231 e. The molecule has 0 aliphatic rings. The molecule has 0 fully saturated rings. The summed E-state index contributed by atoms with van der Waals surface area (Å²) < 4.78 is 5.83. The molecule has 6 nitrogen and oxygen atoms in total. The van der Waals surface area contributed by atoms with E-state index in [9.17, 15) is 10.1 Å². The molecule has 5 rings (SSSR count). The lowest BCUT2D eigenvalue weighted by Crippen LogP contribution is -2.01. The largest absolute Gasteiger partial charge is 0.437 e. The van der Waals surface area contributed by atoms with Crippen LogP contribution in [-0.2, 0) is 0 Å². The van der Waals surface area contributed by atoms with Crippen molar-refractivity contribution in [2.45, 2.75) is 0 Å². The molecule has 3 N–H and O–H groups in total. The lowest BCUT2D eigenvalue weighted by atomic mass is 10.0. The van der Waals surface area contributed by atoms with E-state index in [4.69, 9.17) is 21.8 Å². The zero-order valence-electron chi connectivity index (χ0n) is 14.3. The number of H-pyrrole nitrogens is 1. The van der Waals surface area contributed by atoms with Crippen molar-refractivity contribution in [3.8, 4) is 17.3 Å². The smallest absolute Gasteiger partial charge is 0.231 e. The van der Waals surface area contributed by atoms with Gasteiger partial charge in [0, 0.05) is 27.6 Å². The maximum atomic E-state index is 11.8. The summed E-state index contributed by atoms with van der Waals surface area (Å²) in [6.45, 7) is 0. The molecule has 3 aromatic heterocycles. The number of aromatic nitrogens is 2. The summed E-state index contributed by atoms with van der Waals surface area (Å²) in [5.41, 5.74) is 8.92. The van der Waals surface area contributed by atoms with E-state index in [0.717, 1.165) is 22.0 Å². The Morgan fingerprint density at radius 1 is 1.11 bits per heavy atom. The number of nitrogens with zero attached hydrogens (tertiary/aromatic N) is 2. The van der Waals surface area contributed by atoms with Crippen molar-refractivity contribution in [3.63, 3.8) is 0 Å². The average molecular weight is 387 g/mol. The normalized spacial score (nSPS) is 11.3. The lowest BCUT2D eigenvalue weighted by Gasteiger charge is -2.13. The van der Waals surface area contributed by atoms with Crippen LogP contribution in [0.3, 0.4) is 0 Å². The molecule has 2 aromatic carbocycles. The van der Waals surface area contributed by atoms with Gasteiger partial charge in [-0.2, -0.15) is 10.2 Å². The molecular formula is C21H11ClN4O2. The Balaban J connectivity index is 2.03. The fourth-order valence-electron chi connectivity index (χ4n) is 3.44. The van der Waals surface area contributed by atoms with Crippen LogP contribution in [0, 0.1) is 11.3 Å². The van der Waals surface area contributed by atoms with Crippen LogP contribution in [0.15, 0.2) is 57.7 Å². The third-order valence-electron chi connectivity index (χ3n) is 4.73. The highest BCUT2D eigenvalue weighted by Crippen LogP contribution is 2.36. The van der Waals surface area contributed by atoms with Gasteiger partial charge in [0.25, 0.3) is 0 Å². The Morgan fingerprint density at radius 2 is 1.89 bits per heavy atom. The number of fused-ring (bicyclic) bond motifs is 2. The van der Waals surface area contributed by atoms with Crippen molar-refractivity contribution in [2.75, 3.05) is 5.73 Å². The molecule has 7 heteroatoms. The second-order valence-electron chi connectivity index (χ2n) is 6.40. The molecule has 3 heterocycles. The Labute approximate surface area is 162 Å². The second kappa shape index (κ2) is 5.84. The van der Waals surface area contributed by atoms with E-state index in [-0.39, 0.29) is 22.5 Å². The lowest BCUT2D eigenvalue weighted by molar-refractivity contribution is 0.647. The Kier molecular flexibility index (Phi) is 3.41. The monoisotopic (exact) mass is 386 g/mol. The van der Waals surface area contributed by atoms with Gasteiger partial charge in [-0.05, 0) is 35.9 Å². The van der Waals surface area contributed by atoms with E-state index in [1.807, 2.05) is 18.2 Å². The van der Waals surface area contributed by atoms with Crippen LogP contribution < -0.4 is 11.2 Å². The number of rotatable bonds is 1. The van der Waals surface area contributed by atoms with Crippen LogP contribution in [0.4, 0.5) is 5.82 Å². The molecule has 0 saturated heterocycles. The van der Waals surface area contributed by atoms with Crippen molar-refractivity contribution < 1.29 is 4.42 Å². The van der Waals surface area contributed by atoms with Gasteiger partial charge in [-0.3, -0.25) is 4.79 Å². The number of nitrogens with one attached hydrogen (secondary N) is 1. The third kappa shape index (κ3) is 2.34. The van der Waals surface area contributed by atoms with Crippen LogP contribution in [-0.4, -0.2) is 9.97 Å². The molecule has 28 heavy (non-hydrogen) atoms. The minimum Gasteiger partial charge on any atom is -0.437 e. The summed E-state index contributed by atoms with van der Waals surface area (Å²) in [5.74, 6) is 0.0576. The fraction of sp³-hybridized carbons (Fsp3) is 0. The van der Waals surface area contributed by atoms with Crippen molar-refractivity contribution >= 4 is 50.4 Å². The topological polar surface area (TPSA) is 109 Å². The highest BCUT2D eigenvalue weighted by molar-refractivity contribution is 6.30. The summed E-state index contributed by atoms with van der Waals surface area (Å²) >= 11 is 6.01. The molecule has 0 aliphatic heterocycles. The maximum absolute atomic E-state index is 11.8. The molecule has 5 aromatic rings. The van der Waals surface area contributed by atoms with Crippen molar-refractivity contribution in [1.82, 2.24) is 9.97 Å². The van der Waals surface area contributed by atoms with Gasteiger partial charge in [0.2, 0.25) is 5.71 Å². The summed E-state index contributed by atoms with van der Waals surface area (Å²) in [5, 5.41) is 12.5. The zero-order valence-corrected chi connectivity index (χ0v) is 15.0. The summed E-state index contributed by atoms with van der Waals surface area (Å²) in [6.07, 6.45) is 0. The summed E-state index contributed by atoms with van der Waals surface area (Å²) in [6, 6.07) is 16.0. The molecule has 0 radical (unpaired) electrons. The van der Waals surface area contributed by atoms with Gasteiger partial charge >= 0.3 is 0 Å². The number of hydrogen-bond acceptors (Lipinski definition) is 5. The van der Waals surface area contributed by atoms with Gasteiger partial charge in [0.05, 0.1) is 10.9 Å². The Hall–Kier alpha value is -3.82. The minimum absolute atomic E-state index is 0.0576. The number of aromatic amines is 1. The van der Waals surface area contributed by atoms with Gasteiger partial charge in [0.1, 0.15) is 23.0 Å². The van der Waals surface area contributed by atoms with Crippen LogP contribution in [0.5, 0.6) is 0 Å². The zero-order chi connectivity index (χ0) is 19.4. The van der Waals surface area contributed by atoms with Gasteiger partial charge in [-0.1, -0.05) is 23.7 Å². The van der Waals surface area contributed by atoms with Gasteiger partial charge < -0.3 is 15.1 Å². The van der Waals surface area contributed by atoms with E-state index in [1.165, 1.54) is 12.1 Å². The highest BCUT2D eigenvalue weighted by Gasteiger charge is 2.18. The number of nitrogen functional groups attached to an aromatic ring is 1. The minimum atomic E-state index is -0.166. The molecule has 0 unspecified atom stereocenters. The van der Waals surface area contributed by atoms with Gasteiger partial charge in [-0.25, -0.2) is 0 Å². The first-order valence-electron chi connectivity index (χ1n) is 8.40. The molecule has 134 valence electrons. The predicted octanol–water partition coefficient (Wildman–Crippen LogP) is 4.60. The second-order valence-corrected chi connectivity index (χ2v) is 6.84. The van der Waals surface area contributed by atoms with Gasteiger partial charge in [-0.15, -0.1) is 0 Å². The van der Waals surface area contributed by atoms with Crippen molar-refractivity contribution in [3.05, 3.63) is 69.3 Å². The first kappa shape index (κ1) is 16.4. The van der Waals surface area contributed by atoms with Crippen LogP contribution in [0.25, 0.3) is 44.2 Å². The molecule has 0 saturated carbocycles. The van der Waals surface area contributed by atoms with Crippen molar-refractivity contribution in [2.24, 2.45) is 0 Å².